The molecule has 1 atom stereocenters. The Labute approximate surface area is 165 Å². The summed E-state index contributed by atoms with van der Waals surface area (Å²) in [5, 5.41) is 7.06. The zero-order valence-electron chi connectivity index (χ0n) is 17.5. The van der Waals surface area contributed by atoms with E-state index in [9.17, 15) is 4.79 Å². The van der Waals surface area contributed by atoms with Crippen LogP contribution < -0.4 is 19.5 Å². The van der Waals surface area contributed by atoms with E-state index < -0.39 is 0 Å². The smallest absolute Gasteiger partial charge is 0.249 e. The van der Waals surface area contributed by atoms with Crippen molar-refractivity contribution in [2.45, 2.75) is 40.2 Å². The molecule has 28 heavy (non-hydrogen) atoms. The molecule has 2 aromatic rings. The molecule has 0 spiro atoms. The van der Waals surface area contributed by atoms with Gasteiger partial charge in [0.25, 0.3) is 0 Å². The van der Waals surface area contributed by atoms with Crippen LogP contribution in [0.4, 0.5) is 0 Å². The van der Waals surface area contributed by atoms with Gasteiger partial charge in [-0.15, -0.1) is 0 Å². The molecule has 1 amide bonds. The first-order chi connectivity index (χ1) is 13.3. The van der Waals surface area contributed by atoms with Gasteiger partial charge in [-0.05, 0) is 24.0 Å². The van der Waals surface area contributed by atoms with Crippen molar-refractivity contribution in [1.82, 2.24) is 15.5 Å². The van der Waals surface area contributed by atoms with Gasteiger partial charge < -0.3 is 24.1 Å². The third-order valence-electron chi connectivity index (χ3n) is 4.21. The van der Waals surface area contributed by atoms with Crippen molar-refractivity contribution in [2.75, 3.05) is 21.3 Å². The lowest BCUT2D eigenvalue weighted by atomic mass is 10.0. The minimum atomic E-state index is -0.366. The van der Waals surface area contributed by atoms with Crippen LogP contribution in [0.1, 0.15) is 46.0 Å². The maximum atomic E-state index is 12.2. The van der Waals surface area contributed by atoms with Crippen molar-refractivity contribution in [3.63, 3.8) is 0 Å². The quantitative estimate of drug-likeness (QED) is 0.697. The predicted octanol–water partition coefficient (Wildman–Crippen LogP) is 3.62. The van der Waals surface area contributed by atoms with Crippen LogP contribution in [-0.4, -0.2) is 37.4 Å². The van der Waals surface area contributed by atoms with Gasteiger partial charge in [0.05, 0.1) is 21.3 Å². The number of carbonyl (C=O) groups excluding carboxylic acids is 1. The second-order valence-corrected chi connectivity index (χ2v) is 7.26. The number of carbonyl (C=O) groups is 1. The van der Waals surface area contributed by atoms with Crippen LogP contribution in [0.25, 0.3) is 11.4 Å². The second kappa shape index (κ2) is 9.43. The lowest BCUT2D eigenvalue weighted by Crippen LogP contribution is -2.32. The number of nitrogens with zero attached hydrogens (tertiary/aromatic N) is 2. The molecule has 0 aliphatic rings. The summed E-state index contributed by atoms with van der Waals surface area (Å²) in [4.78, 5) is 16.7. The molecule has 0 unspecified atom stereocenters. The number of benzene rings is 1. The molecule has 0 bridgehead atoms. The van der Waals surface area contributed by atoms with Crippen molar-refractivity contribution in [3.05, 3.63) is 18.0 Å². The van der Waals surface area contributed by atoms with E-state index in [0.29, 0.717) is 40.9 Å². The number of nitrogens with one attached hydrogen (secondary N) is 1. The zero-order chi connectivity index (χ0) is 20.8. The van der Waals surface area contributed by atoms with Crippen LogP contribution in [-0.2, 0) is 4.79 Å². The summed E-state index contributed by atoms with van der Waals surface area (Å²) in [6.45, 7) is 7.98. The minimum Gasteiger partial charge on any atom is -0.493 e. The van der Waals surface area contributed by atoms with E-state index in [2.05, 4.69) is 15.5 Å². The molecule has 8 heteroatoms. The van der Waals surface area contributed by atoms with Gasteiger partial charge in [0, 0.05) is 12.0 Å². The van der Waals surface area contributed by atoms with Crippen molar-refractivity contribution in [2.24, 2.45) is 11.8 Å². The molecule has 1 aromatic carbocycles. The first kappa shape index (κ1) is 21.5. The molecule has 0 saturated carbocycles. The fourth-order valence-corrected chi connectivity index (χ4v) is 2.81. The van der Waals surface area contributed by atoms with Gasteiger partial charge in [0.15, 0.2) is 11.5 Å². The maximum Gasteiger partial charge on any atom is 0.249 e. The number of rotatable bonds is 9. The third kappa shape index (κ3) is 4.94. The van der Waals surface area contributed by atoms with Crippen LogP contribution in [0.3, 0.4) is 0 Å². The number of methoxy groups -OCH3 is 3. The Morgan fingerprint density at radius 3 is 2.14 bits per heavy atom. The minimum absolute atomic E-state index is 0.0405. The van der Waals surface area contributed by atoms with Gasteiger partial charge in [0.2, 0.25) is 23.4 Å². The predicted molar refractivity (Wildman–Crippen MR) is 105 cm³/mol. The van der Waals surface area contributed by atoms with Crippen LogP contribution in [0.15, 0.2) is 16.7 Å². The van der Waals surface area contributed by atoms with Gasteiger partial charge >= 0.3 is 0 Å². The van der Waals surface area contributed by atoms with Crippen molar-refractivity contribution in [1.29, 1.82) is 0 Å². The Balaban J connectivity index is 2.34. The first-order valence-corrected chi connectivity index (χ1v) is 9.24. The van der Waals surface area contributed by atoms with E-state index in [-0.39, 0.29) is 23.8 Å². The van der Waals surface area contributed by atoms with E-state index in [1.54, 1.807) is 33.5 Å². The van der Waals surface area contributed by atoms with Gasteiger partial charge in [-0.2, -0.15) is 4.98 Å². The summed E-state index contributed by atoms with van der Waals surface area (Å²) in [6, 6.07) is 3.13. The van der Waals surface area contributed by atoms with Gasteiger partial charge in [-0.1, -0.05) is 32.9 Å². The van der Waals surface area contributed by atoms with E-state index in [4.69, 9.17) is 18.7 Å². The lowest BCUT2D eigenvalue weighted by Gasteiger charge is -2.19. The fraction of sp³-hybridized carbons (Fsp3) is 0.550. The molecule has 8 nitrogen and oxygen atoms in total. The summed E-state index contributed by atoms with van der Waals surface area (Å²) >= 11 is 0. The molecule has 2 rings (SSSR count). The van der Waals surface area contributed by atoms with E-state index in [1.165, 1.54) is 0 Å². The van der Waals surface area contributed by atoms with Crippen LogP contribution in [0.5, 0.6) is 17.2 Å². The van der Waals surface area contributed by atoms with E-state index >= 15 is 0 Å². The van der Waals surface area contributed by atoms with Crippen molar-refractivity contribution in [3.8, 4) is 28.6 Å². The summed E-state index contributed by atoms with van der Waals surface area (Å²) < 4.78 is 21.6. The normalized spacial score (nSPS) is 12.2. The Kier molecular flexibility index (Phi) is 7.25. The molecule has 0 aliphatic carbocycles. The molecule has 1 heterocycles. The SMILES string of the molecule is COc1cc(-c2noc([C@H](NC(=O)CC(C)C)C(C)C)n2)cc(OC)c1OC. The van der Waals surface area contributed by atoms with E-state index in [1.807, 2.05) is 27.7 Å². The summed E-state index contributed by atoms with van der Waals surface area (Å²) in [7, 11) is 4.63. The average molecular weight is 391 g/mol. The highest BCUT2D eigenvalue weighted by Gasteiger charge is 2.26. The second-order valence-electron chi connectivity index (χ2n) is 7.26. The third-order valence-corrected chi connectivity index (χ3v) is 4.21. The van der Waals surface area contributed by atoms with Crippen LogP contribution in [0.2, 0.25) is 0 Å². The largest absolute Gasteiger partial charge is 0.493 e. The molecule has 1 N–H and O–H groups in total. The molecule has 0 aliphatic heterocycles. The maximum absolute atomic E-state index is 12.2. The van der Waals surface area contributed by atoms with Gasteiger partial charge in [-0.3, -0.25) is 4.79 Å². The number of amides is 1. The Morgan fingerprint density at radius 1 is 1.07 bits per heavy atom. The highest BCUT2D eigenvalue weighted by molar-refractivity contribution is 5.76. The molecule has 154 valence electrons. The Bertz CT molecular complexity index is 776. The zero-order valence-corrected chi connectivity index (χ0v) is 17.5. The van der Waals surface area contributed by atoms with Crippen LogP contribution >= 0.6 is 0 Å². The Morgan fingerprint density at radius 2 is 1.68 bits per heavy atom. The van der Waals surface area contributed by atoms with Gasteiger partial charge in [0.1, 0.15) is 6.04 Å². The number of hydrogen-bond donors (Lipinski definition) is 1. The van der Waals surface area contributed by atoms with Crippen molar-refractivity contribution >= 4 is 5.91 Å². The van der Waals surface area contributed by atoms with Crippen LogP contribution in [0, 0.1) is 11.8 Å². The first-order valence-electron chi connectivity index (χ1n) is 9.24. The summed E-state index contributed by atoms with van der Waals surface area (Å²) in [5.74, 6) is 2.52. The monoisotopic (exact) mass is 391 g/mol. The van der Waals surface area contributed by atoms with Gasteiger partial charge in [-0.25, -0.2) is 0 Å². The summed E-state index contributed by atoms with van der Waals surface area (Å²) in [5.41, 5.74) is 0.653. The highest BCUT2D eigenvalue weighted by Crippen LogP contribution is 2.40. The molecule has 0 fully saturated rings. The number of hydrogen-bond acceptors (Lipinski definition) is 7. The topological polar surface area (TPSA) is 95.7 Å². The number of ether oxygens (including phenoxy) is 3. The molecular weight excluding hydrogens is 362 g/mol. The standard InChI is InChI=1S/C20H29N3O5/c1-11(2)8-16(24)21-17(12(3)4)20-22-19(23-28-20)13-9-14(25-5)18(27-7)15(10-13)26-6/h9-12,17H,8H2,1-7H3,(H,21,24)/t17-/m1/s1. The van der Waals surface area contributed by atoms with E-state index in [0.717, 1.165) is 0 Å². The number of aromatic nitrogens is 2. The Hall–Kier alpha value is -2.77. The summed E-state index contributed by atoms with van der Waals surface area (Å²) in [6.07, 6.45) is 0.442. The molecule has 0 saturated heterocycles. The molecular formula is C20H29N3O5. The van der Waals surface area contributed by atoms with Crippen molar-refractivity contribution < 1.29 is 23.5 Å². The fourth-order valence-electron chi connectivity index (χ4n) is 2.81. The molecule has 0 radical (unpaired) electrons. The average Bonchev–Trinajstić information content (AvgIpc) is 3.13. The molecule has 1 aromatic heterocycles. The highest BCUT2D eigenvalue weighted by atomic mass is 16.5. The lowest BCUT2D eigenvalue weighted by molar-refractivity contribution is -0.123.